The first-order valence-corrected chi connectivity index (χ1v) is 36.1. The van der Waals surface area contributed by atoms with Gasteiger partial charge in [-0.05, 0) is 83.5 Å². The Morgan fingerprint density at radius 1 is 0.390 bits per heavy atom. The molecule has 0 saturated carbocycles. The second-order valence-corrected chi connectivity index (χ2v) is 25.9. The van der Waals surface area contributed by atoms with Crippen LogP contribution >= 0.6 is 7.82 Å². The molecule has 0 radical (unpaired) electrons. The molecule has 0 heterocycles. The summed E-state index contributed by atoms with van der Waals surface area (Å²) in [4.78, 5) is 38.0. The van der Waals surface area contributed by atoms with Crippen LogP contribution in [0.15, 0.2) is 72.9 Å². The van der Waals surface area contributed by atoms with Crippen molar-refractivity contribution in [1.29, 1.82) is 0 Å². The summed E-state index contributed by atoms with van der Waals surface area (Å²) in [6, 6.07) is 0. The van der Waals surface area contributed by atoms with Crippen LogP contribution in [0.5, 0.6) is 0 Å². The van der Waals surface area contributed by atoms with Gasteiger partial charge in [-0.25, -0.2) is 0 Å². The predicted molar refractivity (Wildman–Crippen MR) is 351 cm³/mol. The Bertz CT molecular complexity index is 1610. The predicted octanol–water partition coefficient (Wildman–Crippen LogP) is 21.8. The number of carbonyl (C=O) groups is 2. The summed E-state index contributed by atoms with van der Waals surface area (Å²) in [5, 5.41) is 0. The van der Waals surface area contributed by atoms with Crippen LogP contribution < -0.4 is 4.89 Å². The van der Waals surface area contributed by atoms with Crippen LogP contribution in [-0.4, -0.2) is 70.0 Å². The monoisotopic (exact) mass is 1170 g/mol. The Hall–Kier alpha value is -2.55. The molecule has 9 nitrogen and oxygen atoms in total. The summed E-state index contributed by atoms with van der Waals surface area (Å²) in [7, 11) is 1.17. The van der Waals surface area contributed by atoms with E-state index in [1.807, 2.05) is 21.1 Å². The number of phosphoric ester groups is 1. The first-order valence-electron chi connectivity index (χ1n) is 34.6. The van der Waals surface area contributed by atoms with Gasteiger partial charge in [-0.15, -0.1) is 0 Å². The molecular weight excluding hydrogens is 1040 g/mol. The first kappa shape index (κ1) is 79.5. The van der Waals surface area contributed by atoms with Gasteiger partial charge in [0.25, 0.3) is 7.82 Å². The molecule has 0 saturated heterocycles. The lowest BCUT2D eigenvalue weighted by molar-refractivity contribution is -0.870. The lowest BCUT2D eigenvalue weighted by atomic mass is 10.0. The van der Waals surface area contributed by atoms with E-state index in [1.54, 1.807) is 0 Å². The third kappa shape index (κ3) is 66.6. The van der Waals surface area contributed by atoms with Crippen LogP contribution in [0.25, 0.3) is 0 Å². The molecule has 0 fully saturated rings. The molecule has 10 heteroatoms. The van der Waals surface area contributed by atoms with E-state index in [-0.39, 0.29) is 32.0 Å². The van der Waals surface area contributed by atoms with Crippen molar-refractivity contribution >= 4 is 19.8 Å². The summed E-state index contributed by atoms with van der Waals surface area (Å²) in [6.07, 6.45) is 84.2. The zero-order valence-electron chi connectivity index (χ0n) is 54.4. The average Bonchev–Trinajstić information content (AvgIpc) is 3.46. The highest BCUT2D eigenvalue weighted by Gasteiger charge is 2.22. The zero-order chi connectivity index (χ0) is 59.8. The molecule has 2 unspecified atom stereocenters. The van der Waals surface area contributed by atoms with Gasteiger partial charge in [0.05, 0.1) is 27.7 Å². The van der Waals surface area contributed by atoms with E-state index in [4.69, 9.17) is 18.5 Å². The first-order chi connectivity index (χ1) is 40.0. The maximum atomic E-state index is 12.8. The number of esters is 2. The van der Waals surface area contributed by atoms with Crippen LogP contribution in [0.3, 0.4) is 0 Å². The zero-order valence-corrected chi connectivity index (χ0v) is 55.3. The Kier molecular flexibility index (Phi) is 61.0. The molecule has 0 spiro atoms. The van der Waals surface area contributed by atoms with E-state index in [9.17, 15) is 19.0 Å². The molecule has 0 aliphatic heterocycles. The number of hydrogen-bond acceptors (Lipinski definition) is 8. The molecule has 478 valence electrons. The van der Waals surface area contributed by atoms with Gasteiger partial charge >= 0.3 is 11.9 Å². The summed E-state index contributed by atoms with van der Waals surface area (Å²) >= 11 is 0. The van der Waals surface area contributed by atoms with Gasteiger partial charge in [0.2, 0.25) is 0 Å². The number of ether oxygens (including phenoxy) is 2. The molecule has 0 rings (SSSR count). The summed E-state index contributed by atoms with van der Waals surface area (Å²) in [6.45, 7) is 4.14. The standard InChI is InChI=1S/C72H132NO8P/c1-6-8-10-12-14-16-18-20-22-24-26-27-28-29-30-31-32-33-34-35-36-37-38-39-40-41-42-43-44-45-47-49-51-53-55-57-59-61-63-65-72(75)81-70(69-80-82(76,77)79-67-66-73(3,4)5)68-78-71(74)64-62-60-58-56-54-52-50-48-46-25-23-21-19-17-15-13-11-9-7-2/h8,10,14-17,20-23,26-27,70H,6-7,9,11-13,18-19,24-25,28-69H2,1-5H3/b10-8-,16-14-,17-15-,22-20-,23-21-,27-26-. The molecule has 2 atom stereocenters. The van der Waals surface area contributed by atoms with Crippen molar-refractivity contribution in [3.63, 3.8) is 0 Å². The molecule has 0 aliphatic rings. The van der Waals surface area contributed by atoms with Crippen LogP contribution in [0.4, 0.5) is 0 Å². The highest BCUT2D eigenvalue weighted by molar-refractivity contribution is 7.45. The lowest BCUT2D eigenvalue weighted by Gasteiger charge is -2.28. The third-order valence-corrected chi connectivity index (χ3v) is 16.2. The molecule has 0 aromatic heterocycles. The van der Waals surface area contributed by atoms with Gasteiger partial charge in [0.1, 0.15) is 19.8 Å². The highest BCUT2D eigenvalue weighted by Crippen LogP contribution is 2.38. The minimum atomic E-state index is -4.64. The van der Waals surface area contributed by atoms with E-state index in [0.29, 0.717) is 17.4 Å². The maximum Gasteiger partial charge on any atom is 0.306 e. The van der Waals surface area contributed by atoms with Gasteiger partial charge in [-0.3, -0.25) is 14.2 Å². The Morgan fingerprint density at radius 3 is 1.04 bits per heavy atom. The normalized spacial score (nSPS) is 13.6. The van der Waals surface area contributed by atoms with Crippen molar-refractivity contribution in [3.05, 3.63) is 72.9 Å². The van der Waals surface area contributed by atoms with Gasteiger partial charge < -0.3 is 27.9 Å². The van der Waals surface area contributed by atoms with Gasteiger partial charge in [0, 0.05) is 12.8 Å². The van der Waals surface area contributed by atoms with Crippen molar-refractivity contribution in [2.75, 3.05) is 47.5 Å². The molecule has 0 N–H and O–H groups in total. The number of quaternary nitrogens is 1. The van der Waals surface area contributed by atoms with Crippen molar-refractivity contribution in [2.24, 2.45) is 0 Å². The quantitative estimate of drug-likeness (QED) is 0.0195. The number of nitrogens with zero attached hydrogens (tertiary/aromatic N) is 1. The molecule has 0 aliphatic carbocycles. The Morgan fingerprint density at radius 2 is 0.695 bits per heavy atom. The van der Waals surface area contributed by atoms with Crippen LogP contribution in [0.1, 0.15) is 322 Å². The largest absolute Gasteiger partial charge is 0.756 e. The molecule has 0 aromatic rings. The second kappa shape index (κ2) is 63.0. The van der Waals surface area contributed by atoms with E-state index >= 15 is 0 Å². The number of carbonyl (C=O) groups excluding carboxylic acids is 2. The number of phosphoric acid groups is 1. The second-order valence-electron chi connectivity index (χ2n) is 24.5. The number of likely N-dealkylation sites (N-methyl/N-ethyl adjacent to an activating group) is 1. The fourth-order valence-corrected chi connectivity index (χ4v) is 10.6. The van der Waals surface area contributed by atoms with Gasteiger partial charge in [-0.2, -0.15) is 0 Å². The van der Waals surface area contributed by atoms with Crippen LogP contribution in [0, 0.1) is 0 Å². The van der Waals surface area contributed by atoms with Crippen molar-refractivity contribution in [3.8, 4) is 0 Å². The van der Waals surface area contributed by atoms with E-state index in [2.05, 4.69) is 86.8 Å². The third-order valence-electron chi connectivity index (χ3n) is 15.2. The van der Waals surface area contributed by atoms with Crippen LogP contribution in [0.2, 0.25) is 0 Å². The minimum Gasteiger partial charge on any atom is -0.756 e. The number of allylic oxidation sites excluding steroid dienone is 12. The summed E-state index contributed by atoms with van der Waals surface area (Å²) < 4.78 is 34.3. The molecule has 82 heavy (non-hydrogen) atoms. The van der Waals surface area contributed by atoms with Crippen molar-refractivity contribution in [1.82, 2.24) is 0 Å². The van der Waals surface area contributed by atoms with Crippen molar-refractivity contribution < 1.29 is 42.1 Å². The Balaban J connectivity index is 3.92. The topological polar surface area (TPSA) is 111 Å². The summed E-state index contributed by atoms with van der Waals surface area (Å²) in [5.74, 6) is -0.825. The van der Waals surface area contributed by atoms with E-state index in [1.165, 1.54) is 225 Å². The van der Waals surface area contributed by atoms with E-state index in [0.717, 1.165) is 64.2 Å². The fraction of sp³-hybridized carbons (Fsp3) is 0.806. The summed E-state index contributed by atoms with van der Waals surface area (Å²) in [5.41, 5.74) is 0. The number of unbranched alkanes of at least 4 members (excludes halogenated alkanes) is 38. The highest BCUT2D eigenvalue weighted by atomic mass is 31.2. The number of hydrogen-bond donors (Lipinski definition) is 0. The molecular formula is C72H132NO8P. The smallest absolute Gasteiger partial charge is 0.306 e. The molecule has 0 amide bonds. The number of rotatable bonds is 64. The minimum absolute atomic E-state index is 0.0310. The Labute approximate surface area is 508 Å². The SMILES string of the molecule is CC/C=C\C/C=C\C/C=C\C/C=C\CCCCCCCCCCCCCCCCCCCCCCCCCCCCC(=O)OC(COC(=O)CCCCCCCCCCC/C=C\C/C=C\CCCCC)COP(=O)([O-])OCC[N+](C)(C)C. The molecule has 0 aromatic carbocycles. The maximum absolute atomic E-state index is 12.8. The van der Waals surface area contributed by atoms with Crippen molar-refractivity contribution in [2.45, 2.75) is 328 Å². The fourth-order valence-electron chi connectivity index (χ4n) is 9.92. The van der Waals surface area contributed by atoms with Crippen LogP contribution in [-0.2, 0) is 32.7 Å². The van der Waals surface area contributed by atoms with Gasteiger partial charge in [-0.1, -0.05) is 299 Å². The van der Waals surface area contributed by atoms with Gasteiger partial charge in [0.15, 0.2) is 6.10 Å². The van der Waals surface area contributed by atoms with E-state index < -0.39 is 26.5 Å². The average molecular weight is 1170 g/mol. The molecule has 0 bridgehead atoms. The lowest BCUT2D eigenvalue weighted by Crippen LogP contribution is -2.37.